The van der Waals surface area contributed by atoms with Gasteiger partial charge in [-0.1, -0.05) is 51.4 Å². The predicted molar refractivity (Wildman–Crippen MR) is 270 cm³/mol. The van der Waals surface area contributed by atoms with E-state index in [2.05, 4.69) is 42.0 Å². The number of nitrogens with zero attached hydrogens (tertiary/aromatic N) is 2. The normalized spacial score (nSPS) is 58.0. The summed E-state index contributed by atoms with van der Waals surface area (Å²) in [6.07, 6.45) is 18.0. The molecule has 32 atom stereocenters. The summed E-state index contributed by atoms with van der Waals surface area (Å²) >= 11 is 0. The summed E-state index contributed by atoms with van der Waals surface area (Å²) in [6.45, 7) is 0. The van der Waals surface area contributed by atoms with E-state index in [4.69, 9.17) is 42.8 Å². The van der Waals surface area contributed by atoms with E-state index >= 15 is 0 Å². The number of methoxy groups -OCH3 is 8. The highest BCUT2D eigenvalue weighted by Crippen LogP contribution is 2.60. The number of hydrogen-bond acceptors (Lipinski definition) is 17. The van der Waals surface area contributed by atoms with Crippen molar-refractivity contribution in [1.29, 1.82) is 0 Å². The first-order chi connectivity index (χ1) is 35.9. The Morgan fingerprint density at radius 1 is 0.260 bits per heavy atom. The fourth-order valence-electron chi connectivity index (χ4n) is 22.2. The maximum atomic E-state index is 8.21. The Morgan fingerprint density at radius 3 is 0.616 bits per heavy atom. The third kappa shape index (κ3) is 7.39. The molecule has 8 aliphatic carbocycles. The number of hydroxylamine groups is 4. The molecule has 0 spiro atoms. The third-order valence-electron chi connectivity index (χ3n) is 24.3. The highest BCUT2D eigenvalue weighted by molar-refractivity contribution is 5.20. The monoisotopic (exact) mass is 1020 g/mol. The first-order valence-electron chi connectivity index (χ1n) is 29.9. The molecule has 6 aliphatic heterocycles. The van der Waals surface area contributed by atoms with E-state index < -0.39 is 0 Å². The predicted octanol–water partition coefficient (Wildman–Crippen LogP) is 3.99. The maximum Gasteiger partial charge on any atom is 0.0951 e. The topological polar surface area (TPSA) is 162 Å². The smallest absolute Gasteiger partial charge is 0.0951 e. The van der Waals surface area contributed by atoms with Crippen LogP contribution in [0.3, 0.4) is 0 Å². The van der Waals surface area contributed by atoms with Crippen LogP contribution in [0.25, 0.3) is 0 Å². The second kappa shape index (κ2) is 20.1. The van der Waals surface area contributed by atoms with E-state index in [1.54, 1.807) is 0 Å². The SMILES string of the molecule is COC1C2CCCCC2C(OC)C2C3NC(NC4C5C(OC)C6CCCCC6C(OC)C5C5NC6NC(NC7C8C(OC)C9CCCCC9C(OC)C8C(N3)N7ON45)C3C(OC)C4CCCCC4C(OC)C63)C12. The van der Waals surface area contributed by atoms with Crippen molar-refractivity contribution in [2.75, 3.05) is 56.9 Å². The summed E-state index contributed by atoms with van der Waals surface area (Å²) in [5, 5.41) is 31.6. The van der Waals surface area contributed by atoms with Crippen molar-refractivity contribution in [1.82, 2.24) is 42.0 Å². The van der Waals surface area contributed by atoms with Crippen LogP contribution in [0.15, 0.2) is 0 Å². The Bertz CT molecular complexity index is 1690. The van der Waals surface area contributed by atoms with Crippen LogP contribution >= 0.6 is 0 Å². The Kier molecular flexibility index (Phi) is 13.9. The molecular formula is C56H94N8O9. The molecule has 73 heavy (non-hydrogen) atoms. The van der Waals surface area contributed by atoms with Crippen LogP contribution in [-0.4, -0.2) is 165 Å². The zero-order chi connectivity index (χ0) is 49.6. The van der Waals surface area contributed by atoms with Crippen molar-refractivity contribution in [3.05, 3.63) is 0 Å². The van der Waals surface area contributed by atoms with E-state index in [9.17, 15) is 0 Å². The van der Waals surface area contributed by atoms with Gasteiger partial charge in [0.1, 0.15) is 0 Å². The van der Waals surface area contributed by atoms with Crippen LogP contribution in [0, 0.1) is 94.7 Å². The van der Waals surface area contributed by atoms with Crippen molar-refractivity contribution in [3.63, 3.8) is 0 Å². The Labute approximate surface area is 435 Å². The minimum atomic E-state index is -0.250. The third-order valence-corrected chi connectivity index (χ3v) is 24.3. The Balaban J connectivity index is 0.984. The van der Waals surface area contributed by atoms with Gasteiger partial charge in [-0.15, -0.1) is 10.1 Å². The number of rotatable bonds is 8. The molecule has 32 unspecified atom stereocenters. The van der Waals surface area contributed by atoms with Crippen LogP contribution in [0.4, 0.5) is 0 Å². The molecule has 14 rings (SSSR count). The molecule has 17 heteroatoms. The van der Waals surface area contributed by atoms with Crippen LogP contribution in [-0.2, 0) is 42.8 Å². The summed E-state index contributed by atoms with van der Waals surface area (Å²) in [6, 6.07) is 0. The molecule has 14 fully saturated rings. The van der Waals surface area contributed by atoms with Crippen LogP contribution in [0.2, 0.25) is 0 Å². The van der Waals surface area contributed by atoms with Crippen molar-refractivity contribution in [3.8, 4) is 0 Å². The average Bonchev–Trinajstić information content (AvgIpc) is 4.14. The van der Waals surface area contributed by atoms with E-state index in [0.29, 0.717) is 47.3 Å². The molecule has 8 saturated carbocycles. The van der Waals surface area contributed by atoms with Gasteiger partial charge in [0, 0.05) is 104 Å². The van der Waals surface area contributed by atoms with Crippen molar-refractivity contribution < 1.29 is 42.8 Å². The lowest BCUT2D eigenvalue weighted by atomic mass is 9.58. The summed E-state index contributed by atoms with van der Waals surface area (Å²) < 4.78 is 55.6. The standard InChI is InChI=1S/C56H94N8O9/c1-65-41-25-17-9-10-18-26(25)42(66-2)34-33(41)49-57-50(34)60-54-39-40(48(72-8)32-24-16-15-23-31(32)47(39)71-7)56-62-52-36-35(43(67-3)27-19-11-12-20-28(27)44(36)68-4)51(58-52)61-55-38-37(53(59-49)63(55)73-64(54)56)45(69-5)29-21-13-14-22-30(29)46(38)70-6/h25-62H,9-24H2,1-8H3. The number of fused-ring (bicyclic) bond motifs is 20. The van der Waals surface area contributed by atoms with Crippen molar-refractivity contribution in [2.24, 2.45) is 94.7 Å². The zero-order valence-corrected chi connectivity index (χ0v) is 45.4. The summed E-state index contributed by atoms with van der Waals surface area (Å²) in [5.41, 5.74) is 0. The lowest BCUT2D eigenvalue weighted by molar-refractivity contribution is -0.382. The van der Waals surface area contributed by atoms with Crippen LogP contribution in [0.1, 0.15) is 103 Å². The van der Waals surface area contributed by atoms with E-state index in [1.807, 2.05) is 56.9 Å². The maximum absolute atomic E-state index is 8.21. The first kappa shape index (κ1) is 50.5. The second-order valence-corrected chi connectivity index (χ2v) is 26.2. The van der Waals surface area contributed by atoms with E-state index in [1.165, 1.54) is 77.0 Å². The molecule has 14 aliphatic rings. The summed E-state index contributed by atoms with van der Waals surface area (Å²) in [4.78, 5) is 8.21. The summed E-state index contributed by atoms with van der Waals surface area (Å²) in [5.74, 6) is 3.90. The first-order valence-corrected chi connectivity index (χ1v) is 29.9. The Hall–Kier alpha value is -0.680. The molecule has 6 heterocycles. The number of hydrogen-bond donors (Lipinski definition) is 6. The lowest BCUT2D eigenvalue weighted by Gasteiger charge is -2.54. The fraction of sp³-hybridized carbons (Fsp3) is 1.00. The largest absolute Gasteiger partial charge is 0.381 e. The van der Waals surface area contributed by atoms with E-state index in [0.717, 1.165) is 25.7 Å². The quantitative estimate of drug-likeness (QED) is 0.207. The molecule has 6 N–H and O–H groups in total. The van der Waals surface area contributed by atoms with Gasteiger partial charge in [0.25, 0.3) is 0 Å². The molecule has 412 valence electrons. The van der Waals surface area contributed by atoms with Gasteiger partial charge in [-0.2, -0.15) is 0 Å². The molecule has 0 aromatic carbocycles. The van der Waals surface area contributed by atoms with Gasteiger partial charge >= 0.3 is 0 Å². The highest BCUT2D eigenvalue weighted by Gasteiger charge is 2.72. The fourth-order valence-corrected chi connectivity index (χ4v) is 22.2. The molecule has 6 bridgehead atoms. The number of nitrogens with one attached hydrogen (secondary N) is 6. The van der Waals surface area contributed by atoms with Gasteiger partial charge in [0.15, 0.2) is 0 Å². The molecule has 0 aromatic rings. The minimum Gasteiger partial charge on any atom is -0.381 e. The summed E-state index contributed by atoms with van der Waals surface area (Å²) in [7, 11) is 15.9. The molecule has 0 aromatic heterocycles. The average molecular weight is 1020 g/mol. The van der Waals surface area contributed by atoms with Crippen molar-refractivity contribution in [2.45, 2.75) is 201 Å². The lowest BCUT2D eigenvalue weighted by Crippen LogP contribution is -2.68. The molecule has 0 radical (unpaired) electrons. The van der Waals surface area contributed by atoms with Gasteiger partial charge in [-0.3, -0.25) is 31.9 Å². The van der Waals surface area contributed by atoms with Gasteiger partial charge in [-0.05, 0) is 98.7 Å². The molecule has 6 saturated heterocycles. The van der Waals surface area contributed by atoms with Crippen LogP contribution in [0.5, 0.6) is 0 Å². The minimum absolute atomic E-state index is 0.000583. The number of ether oxygens (including phenoxy) is 8. The highest BCUT2D eigenvalue weighted by atomic mass is 16.8. The molecular weight excluding hydrogens is 929 g/mol. The van der Waals surface area contributed by atoms with Gasteiger partial charge < -0.3 is 37.9 Å². The second-order valence-electron chi connectivity index (χ2n) is 26.2. The van der Waals surface area contributed by atoms with Gasteiger partial charge in [-0.25, -0.2) is 4.94 Å². The molecule has 0 amide bonds. The van der Waals surface area contributed by atoms with Crippen LogP contribution < -0.4 is 31.9 Å². The van der Waals surface area contributed by atoms with Crippen molar-refractivity contribution >= 4 is 0 Å². The Morgan fingerprint density at radius 2 is 0.438 bits per heavy atom. The van der Waals surface area contributed by atoms with E-state index in [-0.39, 0.29) is 146 Å². The van der Waals surface area contributed by atoms with Gasteiger partial charge in [0.2, 0.25) is 0 Å². The zero-order valence-electron chi connectivity index (χ0n) is 45.4. The molecule has 17 nitrogen and oxygen atoms in total. The van der Waals surface area contributed by atoms with Gasteiger partial charge in [0.05, 0.1) is 98.2 Å².